The van der Waals surface area contributed by atoms with Crippen LogP contribution < -0.4 is 0 Å². The zero-order valence-electron chi connectivity index (χ0n) is 18.3. The Morgan fingerprint density at radius 3 is 1.41 bits per heavy atom. The Bertz CT molecular complexity index is 496. The molecule has 0 aromatic carbocycles. The van der Waals surface area contributed by atoms with Crippen molar-refractivity contribution in [3.05, 3.63) is 0 Å². The Morgan fingerprint density at radius 2 is 1.11 bits per heavy atom. The van der Waals surface area contributed by atoms with E-state index in [1.54, 1.807) is 62.3 Å². The van der Waals surface area contributed by atoms with Gasteiger partial charge >= 0.3 is 18.2 Å². The van der Waals surface area contributed by atoms with Crippen LogP contribution in [0.1, 0.15) is 68.7 Å². The molecule has 0 saturated heterocycles. The Balaban J connectivity index is 5.90. The minimum absolute atomic E-state index is 0.0455. The van der Waals surface area contributed by atoms with Crippen molar-refractivity contribution in [2.75, 3.05) is 13.7 Å². The van der Waals surface area contributed by atoms with Gasteiger partial charge in [-0.3, -0.25) is 0 Å². The number of methoxy groups -OCH3 is 1. The summed E-state index contributed by atoms with van der Waals surface area (Å²) in [5.74, 6) is -0.740. The van der Waals surface area contributed by atoms with Crippen molar-refractivity contribution in [3.8, 4) is 0 Å². The van der Waals surface area contributed by atoms with E-state index >= 15 is 0 Å². The van der Waals surface area contributed by atoms with Gasteiger partial charge in [-0.1, -0.05) is 0 Å². The lowest BCUT2D eigenvalue weighted by atomic mass is 10.1. The molecule has 0 heterocycles. The second kappa shape index (κ2) is 9.39. The number of carbonyl (C=O) groups is 3. The van der Waals surface area contributed by atoms with Crippen molar-refractivity contribution in [1.29, 1.82) is 0 Å². The second-order valence-corrected chi connectivity index (χ2v) is 9.16. The fourth-order valence-corrected chi connectivity index (χ4v) is 1.90. The number of ether oxygens (including phenoxy) is 4. The van der Waals surface area contributed by atoms with E-state index in [0.29, 0.717) is 4.90 Å². The third-order valence-corrected chi connectivity index (χ3v) is 2.77. The van der Waals surface area contributed by atoms with E-state index in [0.717, 1.165) is 0 Å². The van der Waals surface area contributed by atoms with Crippen LogP contribution in [0.2, 0.25) is 0 Å². The number of esters is 1. The number of hydrogen-bond donors (Lipinski definition) is 0. The summed E-state index contributed by atoms with van der Waals surface area (Å²) in [6.07, 6.45) is -1.92. The van der Waals surface area contributed by atoms with Gasteiger partial charge in [0.1, 0.15) is 22.8 Å². The fourth-order valence-electron chi connectivity index (χ4n) is 1.90. The lowest BCUT2D eigenvalue weighted by Gasteiger charge is -2.33. The lowest BCUT2D eigenvalue weighted by Crippen LogP contribution is -2.53. The SMILES string of the molecule is COCCC(C(=O)OC(C)(C)C)N(C(=O)OC(C)(C)C)C(=O)OC(C)(C)C. The summed E-state index contributed by atoms with van der Waals surface area (Å²) in [6, 6.07) is -1.24. The predicted octanol–water partition coefficient (Wildman–Crippen LogP) is 3.91. The van der Waals surface area contributed by atoms with Crippen molar-refractivity contribution in [1.82, 2.24) is 4.90 Å². The smallest absolute Gasteiger partial charge is 0.420 e. The van der Waals surface area contributed by atoms with E-state index in [9.17, 15) is 14.4 Å². The number of carbonyl (C=O) groups excluding carboxylic acids is 3. The number of hydrogen-bond acceptors (Lipinski definition) is 7. The summed E-state index contributed by atoms with van der Waals surface area (Å²) in [4.78, 5) is 38.8. The van der Waals surface area contributed by atoms with Gasteiger partial charge in [0.05, 0.1) is 0 Å². The molecule has 8 heteroatoms. The number of amides is 2. The molecule has 0 spiro atoms. The average Bonchev–Trinajstić information content (AvgIpc) is 2.36. The first-order valence-electron chi connectivity index (χ1n) is 8.94. The lowest BCUT2D eigenvalue weighted by molar-refractivity contribution is -0.161. The van der Waals surface area contributed by atoms with Crippen LogP contribution in [0, 0.1) is 0 Å². The van der Waals surface area contributed by atoms with Crippen molar-refractivity contribution in [2.45, 2.75) is 91.6 Å². The van der Waals surface area contributed by atoms with Gasteiger partial charge in [-0.15, -0.1) is 0 Å². The zero-order chi connectivity index (χ0) is 21.6. The molecular weight excluding hydrogens is 354 g/mol. The molecule has 158 valence electrons. The summed E-state index contributed by atoms with van der Waals surface area (Å²) >= 11 is 0. The Labute approximate surface area is 162 Å². The molecule has 0 bridgehead atoms. The van der Waals surface area contributed by atoms with Crippen molar-refractivity contribution >= 4 is 18.2 Å². The highest BCUT2D eigenvalue weighted by molar-refractivity contribution is 5.94. The number of nitrogens with zero attached hydrogens (tertiary/aromatic N) is 1. The molecule has 0 N–H and O–H groups in total. The van der Waals surface area contributed by atoms with Gasteiger partial charge < -0.3 is 18.9 Å². The van der Waals surface area contributed by atoms with Crippen molar-refractivity contribution < 1.29 is 33.3 Å². The van der Waals surface area contributed by atoms with E-state index in [2.05, 4.69) is 0 Å². The van der Waals surface area contributed by atoms with Crippen LogP contribution >= 0.6 is 0 Å². The molecule has 27 heavy (non-hydrogen) atoms. The van der Waals surface area contributed by atoms with Crippen LogP contribution in [0.5, 0.6) is 0 Å². The standard InChI is InChI=1S/C19H35NO7/c1-17(2,3)25-14(21)13(11-12-24-10)20(15(22)26-18(4,5)6)16(23)27-19(7,8)9/h13H,11-12H2,1-10H3. The van der Waals surface area contributed by atoms with Crippen LogP contribution in [0.4, 0.5) is 9.59 Å². The molecule has 1 atom stereocenters. The van der Waals surface area contributed by atoms with Gasteiger partial charge in [-0.2, -0.15) is 4.90 Å². The Hall–Kier alpha value is -1.83. The normalized spacial score (nSPS) is 13.6. The zero-order valence-corrected chi connectivity index (χ0v) is 18.3. The maximum absolute atomic E-state index is 12.7. The Kier molecular flexibility index (Phi) is 8.76. The van der Waals surface area contributed by atoms with E-state index in [4.69, 9.17) is 18.9 Å². The first-order chi connectivity index (χ1) is 12.0. The molecule has 0 rings (SSSR count). The van der Waals surface area contributed by atoms with Gasteiger partial charge in [0.2, 0.25) is 0 Å². The molecule has 0 radical (unpaired) electrons. The summed E-state index contributed by atoms with van der Waals surface area (Å²) in [6.45, 7) is 15.2. The highest BCUT2D eigenvalue weighted by Gasteiger charge is 2.41. The van der Waals surface area contributed by atoms with Crippen molar-refractivity contribution in [2.24, 2.45) is 0 Å². The Morgan fingerprint density at radius 1 is 0.741 bits per heavy atom. The first kappa shape index (κ1) is 25.2. The van der Waals surface area contributed by atoms with Gasteiger partial charge in [0.15, 0.2) is 0 Å². The highest BCUT2D eigenvalue weighted by atomic mass is 16.6. The maximum Gasteiger partial charge on any atom is 0.420 e. The van der Waals surface area contributed by atoms with Crippen LogP contribution in [0.25, 0.3) is 0 Å². The molecule has 2 amide bonds. The van der Waals surface area contributed by atoms with Crippen LogP contribution in [0.15, 0.2) is 0 Å². The second-order valence-electron chi connectivity index (χ2n) is 9.16. The van der Waals surface area contributed by atoms with Crippen LogP contribution in [-0.4, -0.2) is 59.6 Å². The third kappa shape index (κ3) is 10.8. The maximum atomic E-state index is 12.7. The quantitative estimate of drug-likeness (QED) is 0.520. The van der Waals surface area contributed by atoms with Gasteiger partial charge in [-0.25, -0.2) is 14.4 Å². The molecule has 0 fully saturated rings. The minimum atomic E-state index is -1.24. The van der Waals surface area contributed by atoms with Gasteiger partial charge in [0.25, 0.3) is 0 Å². The molecule has 0 aliphatic heterocycles. The van der Waals surface area contributed by atoms with Crippen LogP contribution in [-0.2, 0) is 23.7 Å². The van der Waals surface area contributed by atoms with E-state index < -0.39 is 41.0 Å². The first-order valence-corrected chi connectivity index (χ1v) is 8.94. The minimum Gasteiger partial charge on any atom is -0.458 e. The third-order valence-electron chi connectivity index (χ3n) is 2.77. The van der Waals surface area contributed by atoms with Gasteiger partial charge in [0, 0.05) is 20.1 Å². The highest BCUT2D eigenvalue weighted by Crippen LogP contribution is 2.21. The molecule has 0 aromatic heterocycles. The van der Waals surface area contributed by atoms with E-state index in [1.807, 2.05) is 0 Å². The summed E-state index contributed by atoms with van der Waals surface area (Å²) < 4.78 is 21.0. The molecular formula is C19H35NO7. The molecule has 1 unspecified atom stereocenters. The van der Waals surface area contributed by atoms with E-state index in [1.165, 1.54) is 7.11 Å². The van der Waals surface area contributed by atoms with Crippen molar-refractivity contribution in [3.63, 3.8) is 0 Å². The van der Waals surface area contributed by atoms with E-state index in [-0.39, 0.29) is 13.0 Å². The molecule has 0 aromatic rings. The average molecular weight is 389 g/mol. The number of imide groups is 1. The predicted molar refractivity (Wildman–Crippen MR) is 100 cm³/mol. The summed E-state index contributed by atoms with van der Waals surface area (Å²) in [7, 11) is 1.46. The molecule has 0 aliphatic rings. The van der Waals surface area contributed by atoms with Gasteiger partial charge in [-0.05, 0) is 62.3 Å². The molecule has 0 aliphatic carbocycles. The monoisotopic (exact) mass is 389 g/mol. The molecule has 8 nitrogen and oxygen atoms in total. The fraction of sp³-hybridized carbons (Fsp3) is 0.842. The molecule has 0 saturated carbocycles. The van der Waals surface area contributed by atoms with Crippen LogP contribution in [0.3, 0.4) is 0 Å². The number of rotatable bonds is 5. The largest absolute Gasteiger partial charge is 0.458 e. The summed E-state index contributed by atoms with van der Waals surface area (Å²) in [5, 5.41) is 0. The topological polar surface area (TPSA) is 91.4 Å². The summed E-state index contributed by atoms with van der Waals surface area (Å²) in [5.41, 5.74) is -2.52.